The maximum Gasteiger partial charge on any atom is 0.252 e. The molecule has 1 fully saturated rings. The fraction of sp³-hybridized carbons (Fsp3) is 0.556. The van der Waals surface area contributed by atoms with Crippen LogP contribution in [0.25, 0.3) is 0 Å². The van der Waals surface area contributed by atoms with E-state index in [1.807, 2.05) is 0 Å². The molecule has 0 spiro atoms. The molecule has 5 nitrogen and oxygen atoms in total. The van der Waals surface area contributed by atoms with Crippen LogP contribution in [-0.2, 0) is 10.0 Å². The van der Waals surface area contributed by atoms with Crippen LogP contribution in [0.2, 0.25) is 0 Å². The Balaban J connectivity index is 2.28. The summed E-state index contributed by atoms with van der Waals surface area (Å²) in [4.78, 5) is 0. The number of sulfonamides is 1. The Labute approximate surface area is 98.5 Å². The molecule has 0 aliphatic carbocycles. The number of nitrogens with zero attached hydrogens (tertiary/aromatic N) is 1. The maximum absolute atomic E-state index is 12.1. The number of nitrogen functional groups attached to an aromatic ring is 1. The van der Waals surface area contributed by atoms with E-state index in [1.54, 1.807) is 12.3 Å². The minimum atomic E-state index is -3.48. The van der Waals surface area contributed by atoms with Crippen molar-refractivity contribution < 1.29 is 13.5 Å². The van der Waals surface area contributed by atoms with E-state index in [9.17, 15) is 13.5 Å². The van der Waals surface area contributed by atoms with E-state index in [0.29, 0.717) is 18.7 Å². The molecule has 1 aliphatic rings. The average Bonchev–Trinajstić information content (AvgIpc) is 2.72. The van der Waals surface area contributed by atoms with Gasteiger partial charge in [-0.25, -0.2) is 8.42 Å². The molecule has 1 unspecified atom stereocenters. The fourth-order valence-electron chi connectivity index (χ4n) is 1.70. The summed E-state index contributed by atoms with van der Waals surface area (Å²) in [5.41, 5.74) is 5.04. The first-order chi connectivity index (χ1) is 7.31. The summed E-state index contributed by atoms with van der Waals surface area (Å²) >= 11 is 1.11. The molecular weight excluding hydrogens is 248 g/mol. The Morgan fingerprint density at radius 1 is 1.62 bits per heavy atom. The minimum Gasteiger partial charge on any atom is -0.398 e. The van der Waals surface area contributed by atoms with Crippen LogP contribution in [0, 0.1) is 0 Å². The highest BCUT2D eigenvalue weighted by molar-refractivity contribution is 7.91. The van der Waals surface area contributed by atoms with Gasteiger partial charge in [-0.05, 0) is 19.4 Å². The zero-order valence-electron chi connectivity index (χ0n) is 8.88. The average molecular weight is 262 g/mol. The van der Waals surface area contributed by atoms with E-state index in [4.69, 9.17) is 5.73 Å². The normalized spacial score (nSPS) is 27.4. The molecule has 0 aromatic carbocycles. The number of anilines is 1. The lowest BCUT2D eigenvalue weighted by atomic mass is 10.1. The molecule has 0 amide bonds. The van der Waals surface area contributed by atoms with Gasteiger partial charge in [0, 0.05) is 24.2 Å². The fourth-order valence-corrected chi connectivity index (χ4v) is 4.49. The third-order valence-electron chi connectivity index (χ3n) is 2.61. The number of aliphatic hydroxyl groups is 1. The van der Waals surface area contributed by atoms with Gasteiger partial charge in [0.25, 0.3) is 10.0 Å². The zero-order valence-corrected chi connectivity index (χ0v) is 10.5. The highest BCUT2D eigenvalue weighted by atomic mass is 32.2. The molecular formula is C9H14N2O3S2. The van der Waals surface area contributed by atoms with Crippen LogP contribution in [0.15, 0.2) is 15.7 Å². The molecule has 0 saturated carbocycles. The van der Waals surface area contributed by atoms with E-state index >= 15 is 0 Å². The lowest BCUT2D eigenvalue weighted by Crippen LogP contribution is -2.33. The monoisotopic (exact) mass is 262 g/mol. The lowest BCUT2D eigenvalue weighted by molar-refractivity contribution is 0.0762. The minimum absolute atomic E-state index is 0.146. The van der Waals surface area contributed by atoms with Crippen molar-refractivity contribution in [2.45, 2.75) is 23.2 Å². The number of β-amino-alcohol motifs (C(OH)–C–C–N with tert-alkyl or cyclic N) is 1. The highest BCUT2D eigenvalue weighted by Crippen LogP contribution is 2.30. The predicted molar refractivity (Wildman–Crippen MR) is 62.7 cm³/mol. The van der Waals surface area contributed by atoms with Crippen LogP contribution < -0.4 is 5.73 Å². The molecule has 1 aliphatic heterocycles. The van der Waals surface area contributed by atoms with Crippen molar-refractivity contribution >= 4 is 27.0 Å². The molecule has 1 atom stereocenters. The summed E-state index contributed by atoms with van der Waals surface area (Å²) in [6, 6.07) is 1.45. The molecule has 1 saturated heterocycles. The maximum atomic E-state index is 12.1. The van der Waals surface area contributed by atoms with Gasteiger partial charge < -0.3 is 10.8 Å². The summed E-state index contributed by atoms with van der Waals surface area (Å²) in [5, 5.41) is 11.4. The SMILES string of the molecule is CC1(O)CCN(S(=O)(=O)c2cc(N)cs2)C1. The lowest BCUT2D eigenvalue weighted by Gasteiger charge is -2.17. The Bertz CT molecular complexity index is 493. The standard InChI is InChI=1S/C9H14N2O3S2/c1-9(12)2-3-11(6-9)16(13,14)8-4-7(10)5-15-8/h4-5,12H,2-3,6,10H2,1H3. The van der Waals surface area contributed by atoms with Gasteiger partial charge in [0.15, 0.2) is 0 Å². The van der Waals surface area contributed by atoms with Crippen molar-refractivity contribution in [2.75, 3.05) is 18.8 Å². The molecule has 90 valence electrons. The van der Waals surface area contributed by atoms with Gasteiger partial charge in [-0.1, -0.05) is 0 Å². The molecule has 1 aromatic heterocycles. The van der Waals surface area contributed by atoms with E-state index < -0.39 is 15.6 Å². The van der Waals surface area contributed by atoms with Gasteiger partial charge in [0.2, 0.25) is 0 Å². The van der Waals surface area contributed by atoms with Crippen molar-refractivity contribution in [3.8, 4) is 0 Å². The Morgan fingerprint density at radius 2 is 2.31 bits per heavy atom. The van der Waals surface area contributed by atoms with Gasteiger partial charge in [-0.3, -0.25) is 0 Å². The van der Waals surface area contributed by atoms with Crippen LogP contribution >= 0.6 is 11.3 Å². The van der Waals surface area contributed by atoms with Gasteiger partial charge in [0.1, 0.15) is 4.21 Å². The Hall–Kier alpha value is -0.630. The summed E-state index contributed by atoms with van der Waals surface area (Å²) < 4.78 is 25.8. The topological polar surface area (TPSA) is 83.6 Å². The van der Waals surface area contributed by atoms with Crippen LogP contribution in [0.4, 0.5) is 5.69 Å². The quantitative estimate of drug-likeness (QED) is 0.812. The molecule has 7 heteroatoms. The second kappa shape index (κ2) is 3.69. The zero-order chi connectivity index (χ0) is 12.0. The van der Waals surface area contributed by atoms with E-state index in [0.717, 1.165) is 11.3 Å². The summed E-state index contributed by atoms with van der Waals surface area (Å²) in [6.45, 7) is 2.14. The second-order valence-electron chi connectivity index (χ2n) is 4.28. The van der Waals surface area contributed by atoms with Crippen LogP contribution in [0.5, 0.6) is 0 Å². The first kappa shape index (κ1) is 11.8. The van der Waals surface area contributed by atoms with Crippen LogP contribution in [0.3, 0.4) is 0 Å². The first-order valence-electron chi connectivity index (χ1n) is 4.88. The number of hydrogen-bond donors (Lipinski definition) is 2. The Kier molecular flexibility index (Phi) is 2.73. The van der Waals surface area contributed by atoms with Gasteiger partial charge in [0.05, 0.1) is 5.60 Å². The summed E-state index contributed by atoms with van der Waals surface area (Å²) in [7, 11) is -3.48. The number of hydrogen-bond acceptors (Lipinski definition) is 5. The molecule has 2 heterocycles. The van der Waals surface area contributed by atoms with Crippen LogP contribution in [-0.4, -0.2) is 36.5 Å². The van der Waals surface area contributed by atoms with Crippen LogP contribution in [0.1, 0.15) is 13.3 Å². The van der Waals surface area contributed by atoms with Crippen molar-refractivity contribution in [1.82, 2.24) is 4.31 Å². The number of thiophene rings is 1. The molecule has 16 heavy (non-hydrogen) atoms. The van der Waals surface area contributed by atoms with E-state index in [-0.39, 0.29) is 10.8 Å². The third-order valence-corrected chi connectivity index (χ3v) is 5.89. The van der Waals surface area contributed by atoms with Crippen molar-refractivity contribution in [3.05, 3.63) is 11.4 Å². The third kappa shape index (κ3) is 2.08. The van der Waals surface area contributed by atoms with Gasteiger partial charge in [-0.2, -0.15) is 4.31 Å². The molecule has 3 N–H and O–H groups in total. The van der Waals surface area contributed by atoms with Crippen molar-refractivity contribution in [3.63, 3.8) is 0 Å². The predicted octanol–water partition coefficient (Wildman–Crippen LogP) is 0.476. The van der Waals surface area contributed by atoms with E-state index in [1.165, 1.54) is 10.4 Å². The Morgan fingerprint density at radius 3 is 2.75 bits per heavy atom. The number of rotatable bonds is 2. The summed E-state index contributed by atoms with van der Waals surface area (Å²) in [5.74, 6) is 0. The molecule has 0 radical (unpaired) electrons. The molecule has 0 bridgehead atoms. The smallest absolute Gasteiger partial charge is 0.252 e. The summed E-state index contributed by atoms with van der Waals surface area (Å²) in [6.07, 6.45) is 0.465. The highest BCUT2D eigenvalue weighted by Gasteiger charge is 2.38. The second-order valence-corrected chi connectivity index (χ2v) is 7.36. The number of nitrogens with two attached hydrogens (primary N) is 1. The van der Waals surface area contributed by atoms with E-state index in [2.05, 4.69) is 0 Å². The molecule has 1 aromatic rings. The first-order valence-corrected chi connectivity index (χ1v) is 7.20. The largest absolute Gasteiger partial charge is 0.398 e. The van der Waals surface area contributed by atoms with Crippen molar-refractivity contribution in [2.24, 2.45) is 0 Å². The van der Waals surface area contributed by atoms with Crippen molar-refractivity contribution in [1.29, 1.82) is 0 Å². The molecule has 2 rings (SSSR count). The van der Waals surface area contributed by atoms with Gasteiger partial charge >= 0.3 is 0 Å². The van der Waals surface area contributed by atoms with Gasteiger partial charge in [-0.15, -0.1) is 11.3 Å².